The zero-order chi connectivity index (χ0) is 14.6. The number of rotatable bonds is 5. The molecule has 0 amide bonds. The quantitative estimate of drug-likeness (QED) is 0.869. The SMILES string of the molecule is CN(C)CC(c1ccc(CO)cc1)C1(O)CCCCC1. The molecule has 1 unspecified atom stereocenters. The predicted molar refractivity (Wildman–Crippen MR) is 81.7 cm³/mol. The highest BCUT2D eigenvalue weighted by Gasteiger charge is 2.38. The molecule has 0 bridgehead atoms. The van der Waals surface area contributed by atoms with E-state index in [1.165, 1.54) is 12.0 Å². The summed E-state index contributed by atoms with van der Waals surface area (Å²) in [6.45, 7) is 0.928. The lowest BCUT2D eigenvalue weighted by atomic mass is 9.72. The number of aliphatic hydroxyl groups is 2. The summed E-state index contributed by atoms with van der Waals surface area (Å²) in [6, 6.07) is 8.05. The Kier molecular flexibility index (Phi) is 5.19. The zero-order valence-corrected chi connectivity index (χ0v) is 12.7. The number of benzene rings is 1. The van der Waals surface area contributed by atoms with Crippen LogP contribution in [0, 0.1) is 0 Å². The van der Waals surface area contributed by atoms with Gasteiger partial charge in [-0.3, -0.25) is 0 Å². The Hall–Kier alpha value is -0.900. The maximum Gasteiger partial charge on any atom is 0.0728 e. The Morgan fingerprint density at radius 3 is 2.20 bits per heavy atom. The first kappa shape index (κ1) is 15.5. The Bertz CT molecular complexity index is 408. The standard InChI is InChI=1S/C17H27NO2/c1-18(2)12-16(17(20)10-4-3-5-11-17)15-8-6-14(13-19)7-9-15/h6-9,16,19-20H,3-5,10-13H2,1-2H3. The van der Waals surface area contributed by atoms with E-state index < -0.39 is 5.60 Å². The van der Waals surface area contributed by atoms with Crippen molar-refractivity contribution in [2.45, 2.75) is 50.2 Å². The van der Waals surface area contributed by atoms with E-state index >= 15 is 0 Å². The van der Waals surface area contributed by atoms with Gasteiger partial charge < -0.3 is 15.1 Å². The van der Waals surface area contributed by atoms with Crippen molar-refractivity contribution in [3.05, 3.63) is 35.4 Å². The van der Waals surface area contributed by atoms with Gasteiger partial charge in [0.25, 0.3) is 0 Å². The molecular weight excluding hydrogens is 250 g/mol. The van der Waals surface area contributed by atoms with E-state index in [1.54, 1.807) is 0 Å². The summed E-state index contributed by atoms with van der Waals surface area (Å²) in [6.07, 6.45) is 5.27. The molecule has 112 valence electrons. The van der Waals surface area contributed by atoms with Crippen LogP contribution in [0.25, 0.3) is 0 Å². The Morgan fingerprint density at radius 1 is 1.10 bits per heavy atom. The molecule has 0 spiro atoms. The van der Waals surface area contributed by atoms with Crippen molar-refractivity contribution < 1.29 is 10.2 Å². The van der Waals surface area contributed by atoms with Gasteiger partial charge in [-0.25, -0.2) is 0 Å². The maximum atomic E-state index is 11.1. The smallest absolute Gasteiger partial charge is 0.0728 e. The van der Waals surface area contributed by atoms with Crippen LogP contribution in [0.15, 0.2) is 24.3 Å². The van der Waals surface area contributed by atoms with E-state index in [1.807, 2.05) is 12.1 Å². The second-order valence-electron chi connectivity index (χ2n) is 6.38. The van der Waals surface area contributed by atoms with Gasteiger partial charge in [0, 0.05) is 12.5 Å². The fraction of sp³-hybridized carbons (Fsp3) is 0.647. The van der Waals surface area contributed by atoms with Crippen molar-refractivity contribution in [3.8, 4) is 0 Å². The lowest BCUT2D eigenvalue weighted by Gasteiger charge is -2.41. The lowest BCUT2D eigenvalue weighted by molar-refractivity contribution is -0.0277. The Morgan fingerprint density at radius 2 is 1.70 bits per heavy atom. The first-order chi connectivity index (χ1) is 9.55. The van der Waals surface area contributed by atoms with Crippen LogP contribution in [0.4, 0.5) is 0 Å². The van der Waals surface area contributed by atoms with Gasteiger partial charge in [0.2, 0.25) is 0 Å². The molecule has 3 nitrogen and oxygen atoms in total. The third-order valence-corrected chi connectivity index (χ3v) is 4.48. The Labute approximate surface area is 122 Å². The normalized spacial score (nSPS) is 20.1. The van der Waals surface area contributed by atoms with Gasteiger partial charge in [0.05, 0.1) is 12.2 Å². The average molecular weight is 277 g/mol. The van der Waals surface area contributed by atoms with E-state index in [4.69, 9.17) is 5.11 Å². The fourth-order valence-electron chi connectivity index (χ4n) is 3.32. The highest BCUT2D eigenvalue weighted by atomic mass is 16.3. The second-order valence-corrected chi connectivity index (χ2v) is 6.38. The van der Waals surface area contributed by atoms with E-state index in [-0.39, 0.29) is 12.5 Å². The number of hydrogen-bond acceptors (Lipinski definition) is 3. The average Bonchev–Trinajstić information content (AvgIpc) is 2.45. The largest absolute Gasteiger partial charge is 0.392 e. The summed E-state index contributed by atoms with van der Waals surface area (Å²) < 4.78 is 0. The second kappa shape index (κ2) is 6.70. The maximum absolute atomic E-state index is 11.1. The molecule has 3 heteroatoms. The van der Waals surface area contributed by atoms with Gasteiger partial charge in [-0.1, -0.05) is 43.5 Å². The summed E-state index contributed by atoms with van der Waals surface area (Å²) in [5.74, 6) is 0.144. The van der Waals surface area contributed by atoms with E-state index in [0.29, 0.717) is 0 Å². The van der Waals surface area contributed by atoms with Crippen molar-refractivity contribution in [3.63, 3.8) is 0 Å². The molecule has 0 aliphatic heterocycles. The summed E-state index contributed by atoms with van der Waals surface area (Å²) in [5, 5.41) is 20.2. The highest BCUT2D eigenvalue weighted by molar-refractivity contribution is 5.28. The van der Waals surface area contributed by atoms with Crippen LogP contribution in [-0.2, 0) is 6.61 Å². The monoisotopic (exact) mass is 277 g/mol. The highest BCUT2D eigenvalue weighted by Crippen LogP contribution is 2.40. The topological polar surface area (TPSA) is 43.7 Å². The van der Waals surface area contributed by atoms with Crippen LogP contribution < -0.4 is 0 Å². The molecule has 0 saturated heterocycles. The van der Waals surface area contributed by atoms with E-state index in [0.717, 1.165) is 37.8 Å². The van der Waals surface area contributed by atoms with E-state index in [2.05, 4.69) is 31.1 Å². The van der Waals surface area contributed by atoms with Crippen LogP contribution in [0.3, 0.4) is 0 Å². The van der Waals surface area contributed by atoms with Crippen molar-refractivity contribution in [1.29, 1.82) is 0 Å². The van der Waals surface area contributed by atoms with Crippen molar-refractivity contribution in [2.24, 2.45) is 0 Å². The molecule has 1 aromatic carbocycles. The number of likely N-dealkylation sites (N-methyl/N-ethyl adjacent to an activating group) is 1. The number of nitrogens with zero attached hydrogens (tertiary/aromatic N) is 1. The third kappa shape index (κ3) is 3.60. The molecule has 0 heterocycles. The predicted octanol–water partition coefficient (Wildman–Crippen LogP) is 2.52. The van der Waals surface area contributed by atoms with Crippen molar-refractivity contribution in [1.82, 2.24) is 4.90 Å². The molecule has 1 aliphatic rings. The fourth-order valence-corrected chi connectivity index (χ4v) is 3.32. The molecule has 1 fully saturated rings. The van der Waals surface area contributed by atoms with E-state index in [9.17, 15) is 5.11 Å². The minimum absolute atomic E-state index is 0.0723. The molecule has 2 N–H and O–H groups in total. The molecule has 20 heavy (non-hydrogen) atoms. The van der Waals surface area contributed by atoms with Crippen molar-refractivity contribution >= 4 is 0 Å². The van der Waals surface area contributed by atoms with Crippen LogP contribution >= 0.6 is 0 Å². The van der Waals surface area contributed by atoms with Crippen LogP contribution in [0.2, 0.25) is 0 Å². The van der Waals surface area contributed by atoms with Gasteiger partial charge in [-0.15, -0.1) is 0 Å². The van der Waals surface area contributed by atoms with Gasteiger partial charge in [-0.2, -0.15) is 0 Å². The van der Waals surface area contributed by atoms with Gasteiger partial charge >= 0.3 is 0 Å². The van der Waals surface area contributed by atoms with Crippen molar-refractivity contribution in [2.75, 3.05) is 20.6 Å². The van der Waals surface area contributed by atoms with Gasteiger partial charge in [-0.05, 0) is 38.1 Å². The molecule has 2 rings (SSSR count). The number of aliphatic hydroxyl groups excluding tert-OH is 1. The molecule has 0 radical (unpaired) electrons. The molecule has 1 atom stereocenters. The number of hydrogen-bond donors (Lipinski definition) is 2. The lowest BCUT2D eigenvalue weighted by Crippen LogP contribution is -2.42. The van der Waals surface area contributed by atoms with Crippen LogP contribution in [-0.4, -0.2) is 41.4 Å². The summed E-state index contributed by atoms with van der Waals surface area (Å²) in [5.41, 5.74) is 1.52. The van der Waals surface area contributed by atoms with Crippen LogP contribution in [0.1, 0.15) is 49.1 Å². The summed E-state index contributed by atoms with van der Waals surface area (Å²) >= 11 is 0. The van der Waals surface area contributed by atoms with Crippen LogP contribution in [0.5, 0.6) is 0 Å². The molecule has 1 aromatic rings. The molecule has 1 aliphatic carbocycles. The molecule has 0 aromatic heterocycles. The minimum atomic E-state index is -0.580. The zero-order valence-electron chi connectivity index (χ0n) is 12.7. The first-order valence-electron chi connectivity index (χ1n) is 7.62. The molecule has 1 saturated carbocycles. The minimum Gasteiger partial charge on any atom is -0.392 e. The van der Waals surface area contributed by atoms with Gasteiger partial charge in [0.15, 0.2) is 0 Å². The Balaban J connectivity index is 2.25. The van der Waals surface area contributed by atoms with Gasteiger partial charge in [0.1, 0.15) is 0 Å². The molecular formula is C17H27NO2. The summed E-state index contributed by atoms with van der Waals surface area (Å²) in [4.78, 5) is 2.15. The summed E-state index contributed by atoms with van der Waals surface area (Å²) in [7, 11) is 4.11. The first-order valence-corrected chi connectivity index (χ1v) is 7.62. The third-order valence-electron chi connectivity index (χ3n) is 4.48.